The van der Waals surface area contributed by atoms with Gasteiger partial charge in [-0.2, -0.15) is 0 Å². The van der Waals surface area contributed by atoms with Crippen LogP contribution in [0.3, 0.4) is 0 Å². The first-order chi connectivity index (χ1) is 6.71. The van der Waals surface area contributed by atoms with Crippen LogP contribution < -0.4 is 4.74 Å². The summed E-state index contributed by atoms with van der Waals surface area (Å²) in [5.41, 5.74) is 0.441. The first-order valence-electron chi connectivity index (χ1n) is 4.65. The molecule has 0 unspecified atom stereocenters. The van der Waals surface area contributed by atoms with E-state index in [1.54, 1.807) is 18.9 Å². The van der Waals surface area contributed by atoms with Crippen molar-refractivity contribution in [1.82, 2.24) is 0 Å². The summed E-state index contributed by atoms with van der Waals surface area (Å²) in [6, 6.07) is 5.85. The Hall–Kier alpha value is -0.670. The maximum Gasteiger partial charge on any atom is 0.132 e. The Morgan fingerprint density at radius 2 is 2.14 bits per heavy atom. The number of rotatable bonds is 3. The first kappa shape index (κ1) is 9.87. The van der Waals surface area contributed by atoms with Gasteiger partial charge in [0.2, 0.25) is 0 Å². The molecule has 76 valence electrons. The minimum absolute atomic E-state index is 0.577. The molecule has 1 aliphatic rings. The summed E-state index contributed by atoms with van der Waals surface area (Å²) in [6.45, 7) is 0. The third kappa shape index (κ3) is 1.51. The molecule has 1 aromatic rings. The van der Waals surface area contributed by atoms with Crippen LogP contribution in [0.4, 0.5) is 0 Å². The van der Waals surface area contributed by atoms with E-state index >= 15 is 0 Å². The molecule has 14 heavy (non-hydrogen) atoms. The number of hydrogen-bond acceptors (Lipinski definition) is 3. The van der Waals surface area contributed by atoms with Crippen LogP contribution in [-0.4, -0.2) is 18.5 Å². The van der Waals surface area contributed by atoms with E-state index in [2.05, 4.69) is 0 Å². The summed E-state index contributed by atoms with van der Waals surface area (Å²) >= 11 is 1.63. The molecule has 1 aromatic carbocycles. The highest BCUT2D eigenvalue weighted by atomic mass is 32.2. The van der Waals surface area contributed by atoms with Crippen LogP contribution in [0.1, 0.15) is 18.4 Å². The highest BCUT2D eigenvalue weighted by Crippen LogP contribution is 2.50. The van der Waals surface area contributed by atoms with Crippen LogP contribution in [0.2, 0.25) is 0 Å². The third-order valence-corrected chi connectivity index (χ3v) is 3.46. The zero-order valence-corrected chi connectivity index (χ0v) is 9.23. The fourth-order valence-corrected chi connectivity index (χ4v) is 2.47. The average molecular weight is 210 g/mol. The fraction of sp³-hybridized carbons (Fsp3) is 0.455. The molecule has 2 rings (SSSR count). The monoisotopic (exact) mass is 210 g/mol. The number of hydrogen-bond donors (Lipinski definition) is 1. The normalized spacial score (nSPS) is 17.9. The number of benzene rings is 1. The molecule has 0 bridgehead atoms. The maximum absolute atomic E-state index is 10.1. The fourth-order valence-electron chi connectivity index (χ4n) is 1.64. The van der Waals surface area contributed by atoms with Crippen molar-refractivity contribution in [3.05, 3.63) is 23.8 Å². The van der Waals surface area contributed by atoms with Gasteiger partial charge in [-0.3, -0.25) is 0 Å². The van der Waals surface area contributed by atoms with Gasteiger partial charge in [-0.05, 0) is 25.2 Å². The number of ether oxygens (including phenoxy) is 1. The molecular weight excluding hydrogens is 196 g/mol. The largest absolute Gasteiger partial charge is 0.496 e. The van der Waals surface area contributed by atoms with E-state index in [4.69, 9.17) is 4.74 Å². The lowest BCUT2D eigenvalue weighted by atomic mass is 10.1. The quantitative estimate of drug-likeness (QED) is 0.777. The van der Waals surface area contributed by atoms with Gasteiger partial charge in [0, 0.05) is 5.56 Å². The predicted molar refractivity (Wildman–Crippen MR) is 57.9 cm³/mol. The van der Waals surface area contributed by atoms with Crippen LogP contribution in [-0.2, 0) is 5.60 Å². The Morgan fingerprint density at radius 1 is 1.43 bits per heavy atom. The Kier molecular flexibility index (Phi) is 2.45. The Bertz CT molecular complexity index is 345. The number of methoxy groups -OCH3 is 1. The van der Waals surface area contributed by atoms with Crippen molar-refractivity contribution < 1.29 is 9.84 Å². The lowest BCUT2D eigenvalue weighted by Gasteiger charge is -2.15. The van der Waals surface area contributed by atoms with Gasteiger partial charge >= 0.3 is 0 Å². The second-order valence-electron chi connectivity index (χ2n) is 3.57. The summed E-state index contributed by atoms with van der Waals surface area (Å²) in [4.78, 5) is 1.06. The second-order valence-corrected chi connectivity index (χ2v) is 4.39. The van der Waals surface area contributed by atoms with Gasteiger partial charge in [-0.25, -0.2) is 0 Å². The third-order valence-electron chi connectivity index (χ3n) is 2.63. The van der Waals surface area contributed by atoms with Crippen molar-refractivity contribution >= 4 is 11.8 Å². The molecule has 0 radical (unpaired) electrons. The molecule has 0 aromatic heterocycles. The molecule has 1 N–H and O–H groups in total. The summed E-state index contributed by atoms with van der Waals surface area (Å²) < 4.78 is 5.27. The zero-order valence-electron chi connectivity index (χ0n) is 8.41. The van der Waals surface area contributed by atoms with Gasteiger partial charge in [0.25, 0.3) is 0 Å². The average Bonchev–Trinajstić information content (AvgIpc) is 2.96. The molecule has 0 atom stereocenters. The molecule has 0 aliphatic heterocycles. The van der Waals surface area contributed by atoms with Crippen LogP contribution >= 0.6 is 11.8 Å². The highest BCUT2D eigenvalue weighted by Gasteiger charge is 2.44. The molecule has 0 saturated heterocycles. The molecule has 0 heterocycles. The topological polar surface area (TPSA) is 29.5 Å². The van der Waals surface area contributed by atoms with Crippen molar-refractivity contribution in [2.24, 2.45) is 0 Å². The van der Waals surface area contributed by atoms with Crippen LogP contribution in [0.15, 0.2) is 23.1 Å². The van der Waals surface area contributed by atoms with Crippen molar-refractivity contribution in [1.29, 1.82) is 0 Å². The van der Waals surface area contributed by atoms with Crippen LogP contribution in [0.25, 0.3) is 0 Å². The molecule has 1 fully saturated rings. The van der Waals surface area contributed by atoms with Gasteiger partial charge in [0.15, 0.2) is 0 Å². The molecular formula is C11H14O2S. The number of thioether (sulfide) groups is 1. The molecule has 0 spiro atoms. The molecule has 3 heteroatoms. The molecule has 1 saturated carbocycles. The minimum Gasteiger partial charge on any atom is -0.496 e. The van der Waals surface area contributed by atoms with Gasteiger partial charge in [0.05, 0.1) is 17.6 Å². The van der Waals surface area contributed by atoms with E-state index in [0.717, 1.165) is 29.1 Å². The summed E-state index contributed by atoms with van der Waals surface area (Å²) in [5, 5.41) is 10.1. The van der Waals surface area contributed by atoms with Crippen molar-refractivity contribution in [2.75, 3.05) is 13.4 Å². The highest BCUT2D eigenvalue weighted by molar-refractivity contribution is 7.98. The summed E-state index contributed by atoms with van der Waals surface area (Å²) in [7, 11) is 1.66. The summed E-state index contributed by atoms with van der Waals surface area (Å²) in [6.07, 6.45) is 3.74. The lowest BCUT2D eigenvalue weighted by molar-refractivity contribution is 0.148. The SMILES string of the molecule is COc1cccc(C2(O)CC2)c1SC. The van der Waals surface area contributed by atoms with Crippen LogP contribution in [0.5, 0.6) is 5.75 Å². The lowest BCUT2D eigenvalue weighted by Crippen LogP contribution is -2.06. The molecule has 0 amide bonds. The molecule has 2 nitrogen and oxygen atoms in total. The van der Waals surface area contributed by atoms with Crippen molar-refractivity contribution in [3.8, 4) is 5.75 Å². The molecule has 1 aliphatic carbocycles. The van der Waals surface area contributed by atoms with Gasteiger partial charge in [-0.1, -0.05) is 12.1 Å². The Balaban J connectivity index is 2.48. The van der Waals surface area contributed by atoms with E-state index in [0.29, 0.717) is 0 Å². The van der Waals surface area contributed by atoms with E-state index in [9.17, 15) is 5.11 Å². The van der Waals surface area contributed by atoms with Gasteiger partial charge in [-0.15, -0.1) is 11.8 Å². The van der Waals surface area contributed by atoms with Crippen molar-refractivity contribution in [2.45, 2.75) is 23.3 Å². The smallest absolute Gasteiger partial charge is 0.132 e. The Labute approximate surface area is 88.3 Å². The Morgan fingerprint density at radius 3 is 2.64 bits per heavy atom. The van der Waals surface area contributed by atoms with E-state index < -0.39 is 5.60 Å². The van der Waals surface area contributed by atoms with E-state index in [1.807, 2.05) is 24.5 Å². The summed E-state index contributed by atoms with van der Waals surface area (Å²) in [5.74, 6) is 0.857. The standard InChI is InChI=1S/C11H14O2S/c1-13-9-5-3-4-8(10(9)14-2)11(12)6-7-11/h3-5,12H,6-7H2,1-2H3. The van der Waals surface area contributed by atoms with Crippen molar-refractivity contribution in [3.63, 3.8) is 0 Å². The predicted octanol–water partition coefficient (Wildman–Crippen LogP) is 2.40. The van der Waals surface area contributed by atoms with Gasteiger partial charge < -0.3 is 9.84 Å². The van der Waals surface area contributed by atoms with E-state index in [-0.39, 0.29) is 0 Å². The maximum atomic E-state index is 10.1. The number of aliphatic hydroxyl groups is 1. The zero-order chi connectivity index (χ0) is 10.2. The first-order valence-corrected chi connectivity index (χ1v) is 5.87. The van der Waals surface area contributed by atoms with E-state index in [1.165, 1.54) is 0 Å². The second kappa shape index (κ2) is 3.48. The van der Waals surface area contributed by atoms with Gasteiger partial charge in [0.1, 0.15) is 5.75 Å². The van der Waals surface area contributed by atoms with Crippen LogP contribution in [0, 0.1) is 0 Å². The minimum atomic E-state index is -0.577.